The lowest BCUT2D eigenvalue weighted by molar-refractivity contribution is -0.432. The fourth-order valence-corrected chi connectivity index (χ4v) is 2.30. The van der Waals surface area contributed by atoms with E-state index in [0.717, 1.165) is 38.5 Å². The molecule has 0 bridgehead atoms. The maximum absolute atomic E-state index is 11.0. The van der Waals surface area contributed by atoms with E-state index in [0.29, 0.717) is 12.8 Å². The largest absolute Gasteiger partial charge is 0.291 e. The summed E-state index contributed by atoms with van der Waals surface area (Å²) in [5, 5.41) is 21.7. The molecule has 0 saturated carbocycles. The summed E-state index contributed by atoms with van der Waals surface area (Å²) >= 11 is 0. The highest BCUT2D eigenvalue weighted by Gasteiger charge is 2.12. The average molecular weight is 377 g/mol. The van der Waals surface area contributed by atoms with Crippen LogP contribution >= 0.6 is 0 Å². The molecule has 0 aliphatic rings. The molecule has 0 N–H and O–H groups in total. The lowest BCUT2D eigenvalue weighted by Crippen LogP contribution is -2.01. The zero-order valence-electron chi connectivity index (χ0n) is 16.0. The van der Waals surface area contributed by atoms with Gasteiger partial charge in [0.15, 0.2) is 6.29 Å². The monoisotopic (exact) mass is 377 g/mol. The quantitative estimate of drug-likeness (QED) is 0.154. The number of rotatable bonds is 16. The van der Waals surface area contributed by atoms with Gasteiger partial charge >= 0.3 is 0 Å². The van der Waals surface area contributed by atoms with Crippen LogP contribution in [0.15, 0.2) is 47.9 Å². The molecule has 149 valence electrons. The first-order valence-electron chi connectivity index (χ1n) is 9.34. The Hall–Kier alpha value is -2.57. The van der Waals surface area contributed by atoms with Gasteiger partial charge in [-0.1, -0.05) is 44.1 Å². The maximum atomic E-state index is 11.0. The molecule has 0 rings (SSSR count). The Morgan fingerprint density at radius 2 is 1.48 bits per heavy atom. The minimum Gasteiger partial charge on any atom is -0.291 e. The van der Waals surface area contributed by atoms with Crippen LogP contribution in [-0.4, -0.2) is 16.1 Å². The normalized spacial score (nSPS) is 12.8. The highest BCUT2D eigenvalue weighted by molar-refractivity contribution is 5.50. The topological polar surface area (TPSA) is 103 Å². The van der Waals surface area contributed by atoms with Crippen LogP contribution in [0.4, 0.5) is 0 Å². The van der Waals surface area contributed by atoms with Gasteiger partial charge in [-0.2, -0.15) is 0 Å². The highest BCUT2D eigenvalue weighted by atomic mass is 16.6. The first kappa shape index (κ1) is 24.4. The summed E-state index contributed by atoms with van der Waals surface area (Å²) in [5.74, 6) is 0. The molecule has 0 aromatic rings. The van der Waals surface area contributed by atoms with Crippen molar-refractivity contribution in [2.45, 2.75) is 71.1 Å². The average Bonchev–Trinajstić information content (AvgIpc) is 2.63. The van der Waals surface area contributed by atoms with Crippen LogP contribution in [0.25, 0.3) is 0 Å². The minimum atomic E-state index is -0.506. The predicted molar refractivity (Wildman–Crippen MR) is 106 cm³/mol. The van der Waals surface area contributed by atoms with E-state index in [1.807, 2.05) is 18.4 Å². The first-order valence-corrected chi connectivity index (χ1v) is 9.34. The van der Waals surface area contributed by atoms with Crippen molar-refractivity contribution >= 4 is 6.29 Å². The van der Waals surface area contributed by atoms with Crippen molar-refractivity contribution in [1.29, 1.82) is 0 Å². The minimum absolute atomic E-state index is 0.00880. The maximum Gasteiger partial charge on any atom is 0.246 e. The van der Waals surface area contributed by atoms with E-state index in [9.17, 15) is 25.0 Å². The van der Waals surface area contributed by atoms with Crippen molar-refractivity contribution in [3.05, 3.63) is 68.1 Å². The molecule has 0 heterocycles. The zero-order valence-corrected chi connectivity index (χ0v) is 16.0. The molecule has 0 atom stereocenters. The van der Waals surface area contributed by atoms with Gasteiger partial charge in [0.2, 0.25) is 11.4 Å². The molecule has 0 saturated heterocycles. The van der Waals surface area contributed by atoms with E-state index in [1.54, 1.807) is 6.92 Å². The Labute approximate surface area is 160 Å². The standard InChI is InChI=1S/C20H29N2O5/c1-2-19(21(24)25)16-17-20(22(26)27)15-13-11-9-7-5-3-4-6-8-10-12-14-18-23/h3,5,9,11,15-16H,2,4,6-8,10,12-14,17H2,1H3/b5-3-,11-9-,19-16+,20-15+. The van der Waals surface area contributed by atoms with Gasteiger partial charge in [-0.25, -0.2) is 0 Å². The number of nitrogens with zero attached hydrogens (tertiary/aromatic N) is 2. The molecule has 0 unspecified atom stereocenters. The van der Waals surface area contributed by atoms with Crippen LogP contribution in [0.3, 0.4) is 0 Å². The van der Waals surface area contributed by atoms with Crippen molar-refractivity contribution in [3.63, 3.8) is 0 Å². The van der Waals surface area contributed by atoms with Gasteiger partial charge in [0, 0.05) is 12.8 Å². The van der Waals surface area contributed by atoms with E-state index < -0.39 is 9.85 Å². The summed E-state index contributed by atoms with van der Waals surface area (Å²) < 4.78 is 0. The number of hydrogen-bond acceptors (Lipinski definition) is 5. The second-order valence-electron chi connectivity index (χ2n) is 5.97. The van der Waals surface area contributed by atoms with Crippen molar-refractivity contribution < 1.29 is 14.6 Å². The van der Waals surface area contributed by atoms with Crippen LogP contribution in [-0.2, 0) is 4.79 Å². The molecule has 0 spiro atoms. The van der Waals surface area contributed by atoms with Crippen molar-refractivity contribution in [3.8, 4) is 0 Å². The van der Waals surface area contributed by atoms with E-state index in [4.69, 9.17) is 0 Å². The highest BCUT2D eigenvalue weighted by Crippen LogP contribution is 2.11. The summed E-state index contributed by atoms with van der Waals surface area (Å²) in [4.78, 5) is 30.8. The van der Waals surface area contributed by atoms with Gasteiger partial charge in [0.25, 0.3) is 0 Å². The zero-order chi connectivity index (χ0) is 20.3. The third-order valence-corrected chi connectivity index (χ3v) is 3.87. The van der Waals surface area contributed by atoms with Gasteiger partial charge in [-0.3, -0.25) is 25.0 Å². The van der Waals surface area contributed by atoms with Gasteiger partial charge in [-0.05, 0) is 44.3 Å². The van der Waals surface area contributed by atoms with Crippen LogP contribution in [0.1, 0.15) is 71.1 Å². The van der Waals surface area contributed by atoms with Gasteiger partial charge in [0.05, 0.1) is 16.3 Å². The molecule has 0 aromatic carbocycles. The SMILES string of the molecule is CC/C(=C\C/C(=C\C/C=C\C/C=C\CCCCCC[C]=O)[N+](=O)[O-])[N+](=O)[O-]. The lowest BCUT2D eigenvalue weighted by Gasteiger charge is -1.96. The Balaban J connectivity index is 4.13. The molecule has 0 aromatic heterocycles. The van der Waals surface area contributed by atoms with Gasteiger partial charge in [0.1, 0.15) is 0 Å². The molecular formula is C20H29N2O5. The molecule has 0 amide bonds. The summed E-state index contributed by atoms with van der Waals surface area (Å²) in [7, 11) is 0. The van der Waals surface area contributed by atoms with Crippen molar-refractivity contribution in [1.82, 2.24) is 0 Å². The molecule has 0 fully saturated rings. The summed E-state index contributed by atoms with van der Waals surface area (Å²) in [6.07, 6.45) is 19.7. The third-order valence-electron chi connectivity index (χ3n) is 3.87. The second-order valence-corrected chi connectivity index (χ2v) is 5.97. The molecule has 1 radical (unpaired) electrons. The van der Waals surface area contributed by atoms with Crippen LogP contribution < -0.4 is 0 Å². The smallest absolute Gasteiger partial charge is 0.246 e. The molecule has 27 heavy (non-hydrogen) atoms. The molecular weight excluding hydrogens is 348 g/mol. The Morgan fingerprint density at radius 1 is 0.852 bits per heavy atom. The lowest BCUT2D eigenvalue weighted by atomic mass is 10.1. The molecule has 7 heteroatoms. The fourth-order valence-electron chi connectivity index (χ4n) is 2.30. The summed E-state index contributed by atoms with van der Waals surface area (Å²) in [5.41, 5.74) is -0.0410. The van der Waals surface area contributed by atoms with Crippen molar-refractivity contribution in [2.24, 2.45) is 0 Å². The van der Waals surface area contributed by atoms with Gasteiger partial charge < -0.3 is 0 Å². The van der Waals surface area contributed by atoms with Crippen LogP contribution in [0, 0.1) is 20.2 Å². The predicted octanol–water partition coefficient (Wildman–Crippen LogP) is 5.45. The number of carbonyl (C=O) groups excluding carboxylic acids is 1. The Kier molecular flexibility index (Phi) is 15.3. The molecule has 7 nitrogen and oxygen atoms in total. The van der Waals surface area contributed by atoms with E-state index in [-0.39, 0.29) is 24.2 Å². The van der Waals surface area contributed by atoms with Crippen LogP contribution in [0.5, 0.6) is 0 Å². The van der Waals surface area contributed by atoms with E-state index >= 15 is 0 Å². The first-order chi connectivity index (χ1) is 13.0. The number of nitro groups is 2. The van der Waals surface area contributed by atoms with Crippen molar-refractivity contribution in [2.75, 3.05) is 0 Å². The Morgan fingerprint density at radius 3 is 2.11 bits per heavy atom. The number of hydrogen-bond donors (Lipinski definition) is 0. The van der Waals surface area contributed by atoms with Gasteiger partial charge in [-0.15, -0.1) is 0 Å². The number of unbranched alkanes of at least 4 members (excludes halogenated alkanes) is 5. The Bertz CT molecular complexity index is 577. The van der Waals surface area contributed by atoms with E-state index in [2.05, 4.69) is 12.2 Å². The third kappa shape index (κ3) is 14.3. The second kappa shape index (κ2) is 16.9. The number of allylic oxidation sites excluding steroid dienone is 7. The van der Waals surface area contributed by atoms with Crippen LogP contribution in [0.2, 0.25) is 0 Å². The molecule has 0 aliphatic carbocycles. The molecule has 0 aliphatic heterocycles. The summed E-state index contributed by atoms with van der Waals surface area (Å²) in [6, 6.07) is 0. The fraction of sp³-hybridized carbons (Fsp3) is 0.550. The summed E-state index contributed by atoms with van der Waals surface area (Å²) in [6.45, 7) is 1.65. The van der Waals surface area contributed by atoms with E-state index in [1.165, 1.54) is 12.2 Å².